The first-order valence-electron chi connectivity index (χ1n) is 13.2. The van der Waals surface area contributed by atoms with Gasteiger partial charge in [0.25, 0.3) is 5.91 Å². The standard InChI is InChI=1S/C29H33F3N4O2S/c1-36(2)15-14-33-28(37)24-17-39-25(34-24)13-10-20-9-11-21-26(18-6-4-3-5-7-18)35-23-12-8-19(29(30,31)32)16-22(23)27(21)38-20/h3-8,12,16-17,20-21,26-27,35H,9-11,13-15H2,1-2H3,(H,33,37)/t20-,21+,26+,27+/m1/s1. The molecule has 2 N–H and O–H groups in total. The van der Waals surface area contributed by atoms with Crippen LogP contribution in [0.3, 0.4) is 0 Å². The van der Waals surface area contributed by atoms with Gasteiger partial charge in [-0.1, -0.05) is 30.3 Å². The minimum Gasteiger partial charge on any atom is -0.378 e. The average molecular weight is 559 g/mol. The Morgan fingerprint density at radius 3 is 2.72 bits per heavy atom. The predicted molar refractivity (Wildman–Crippen MR) is 146 cm³/mol. The maximum atomic E-state index is 13.6. The second-order valence-corrected chi connectivity index (χ2v) is 11.4. The van der Waals surface area contributed by atoms with Gasteiger partial charge in [-0.25, -0.2) is 4.98 Å². The molecule has 2 aromatic carbocycles. The Bertz CT molecular complexity index is 1280. The van der Waals surface area contributed by atoms with E-state index in [1.54, 1.807) is 5.38 Å². The van der Waals surface area contributed by atoms with Gasteiger partial charge >= 0.3 is 6.18 Å². The number of halogens is 3. The molecule has 1 fully saturated rings. The van der Waals surface area contributed by atoms with Crippen LogP contribution in [0.2, 0.25) is 0 Å². The maximum absolute atomic E-state index is 13.6. The molecule has 0 saturated carbocycles. The number of alkyl halides is 3. The summed E-state index contributed by atoms with van der Waals surface area (Å²) in [5.41, 5.74) is 2.10. The highest BCUT2D eigenvalue weighted by molar-refractivity contribution is 7.09. The van der Waals surface area contributed by atoms with Gasteiger partial charge in [-0.05, 0) is 57.1 Å². The first kappa shape index (κ1) is 27.6. The van der Waals surface area contributed by atoms with E-state index in [0.29, 0.717) is 36.3 Å². The highest BCUT2D eigenvalue weighted by Crippen LogP contribution is 2.51. The molecule has 1 amide bonds. The quantitative estimate of drug-likeness (QED) is 0.350. The van der Waals surface area contributed by atoms with Crippen molar-refractivity contribution in [1.29, 1.82) is 0 Å². The fourth-order valence-electron chi connectivity index (χ4n) is 5.43. The van der Waals surface area contributed by atoms with E-state index in [1.165, 1.54) is 23.5 Å². The Hall–Kier alpha value is -2.95. The van der Waals surface area contributed by atoms with Crippen molar-refractivity contribution in [3.63, 3.8) is 0 Å². The van der Waals surface area contributed by atoms with Crippen molar-refractivity contribution in [3.05, 3.63) is 81.3 Å². The molecule has 5 rings (SSSR count). The van der Waals surface area contributed by atoms with Crippen LogP contribution in [0.1, 0.15) is 63.6 Å². The first-order valence-corrected chi connectivity index (χ1v) is 14.1. The first-order chi connectivity index (χ1) is 18.7. The van der Waals surface area contributed by atoms with Gasteiger partial charge in [0, 0.05) is 42.1 Å². The summed E-state index contributed by atoms with van der Waals surface area (Å²) in [4.78, 5) is 18.9. The van der Waals surface area contributed by atoms with Crippen molar-refractivity contribution in [3.8, 4) is 0 Å². The van der Waals surface area contributed by atoms with Gasteiger partial charge < -0.3 is 20.3 Å². The number of likely N-dealkylation sites (N-methyl/N-ethyl adjacent to an activating group) is 1. The van der Waals surface area contributed by atoms with Crippen molar-refractivity contribution >= 4 is 22.9 Å². The highest BCUT2D eigenvalue weighted by Gasteiger charge is 2.43. The third-order valence-electron chi connectivity index (χ3n) is 7.44. The van der Waals surface area contributed by atoms with Gasteiger partial charge in [0.1, 0.15) is 5.69 Å². The zero-order valence-corrected chi connectivity index (χ0v) is 22.8. The number of nitrogens with one attached hydrogen (secondary N) is 2. The summed E-state index contributed by atoms with van der Waals surface area (Å²) in [6, 6.07) is 13.9. The zero-order chi connectivity index (χ0) is 27.6. The Morgan fingerprint density at radius 2 is 1.97 bits per heavy atom. The predicted octanol–water partition coefficient (Wildman–Crippen LogP) is 6.09. The van der Waals surface area contributed by atoms with E-state index in [4.69, 9.17) is 4.74 Å². The summed E-state index contributed by atoms with van der Waals surface area (Å²) in [5.74, 6) is -0.174. The van der Waals surface area contributed by atoms with Crippen LogP contribution < -0.4 is 10.6 Å². The second kappa shape index (κ2) is 11.7. The molecular formula is C29H33F3N4O2S. The molecule has 1 saturated heterocycles. The number of fused-ring (bicyclic) bond motifs is 3. The summed E-state index contributed by atoms with van der Waals surface area (Å²) in [6.45, 7) is 1.30. The number of benzene rings is 2. The number of aromatic nitrogens is 1. The van der Waals surface area contributed by atoms with Crippen molar-refractivity contribution < 1.29 is 22.7 Å². The fraction of sp³-hybridized carbons (Fsp3) is 0.448. The summed E-state index contributed by atoms with van der Waals surface area (Å²) >= 11 is 1.45. The van der Waals surface area contributed by atoms with Crippen molar-refractivity contribution in [2.24, 2.45) is 5.92 Å². The molecule has 10 heteroatoms. The number of aryl methyl sites for hydroxylation is 1. The van der Waals surface area contributed by atoms with Crippen LogP contribution in [0.5, 0.6) is 0 Å². The van der Waals surface area contributed by atoms with Crippen molar-refractivity contribution in [2.75, 3.05) is 32.5 Å². The zero-order valence-electron chi connectivity index (χ0n) is 22.0. The SMILES string of the molecule is CN(C)CCNC(=O)c1csc(CC[C@H]2CC[C@@H]3[C@H](O2)c2cc(C(F)(F)F)ccc2N[C@H]3c2ccccc2)n1. The monoisotopic (exact) mass is 558 g/mol. The molecule has 0 unspecified atom stereocenters. The number of carbonyl (C=O) groups is 1. The number of rotatable bonds is 8. The summed E-state index contributed by atoms with van der Waals surface area (Å²) in [5, 5.41) is 9.00. The average Bonchev–Trinajstić information content (AvgIpc) is 3.40. The van der Waals surface area contributed by atoms with Gasteiger partial charge in [-0.2, -0.15) is 13.2 Å². The van der Waals surface area contributed by atoms with Gasteiger partial charge in [0.05, 0.1) is 28.8 Å². The normalized spacial score (nSPS) is 22.6. The third kappa shape index (κ3) is 6.45. The molecule has 3 aromatic rings. The number of nitrogens with zero attached hydrogens (tertiary/aromatic N) is 2. The molecule has 4 atom stereocenters. The summed E-state index contributed by atoms with van der Waals surface area (Å²) < 4.78 is 47.3. The van der Waals surface area contributed by atoms with Crippen LogP contribution in [0, 0.1) is 5.92 Å². The lowest BCUT2D eigenvalue weighted by molar-refractivity contribution is -0.138. The van der Waals surface area contributed by atoms with E-state index in [0.717, 1.165) is 36.0 Å². The Morgan fingerprint density at radius 1 is 1.18 bits per heavy atom. The van der Waals surface area contributed by atoms with Crippen LogP contribution in [0.15, 0.2) is 53.9 Å². The van der Waals surface area contributed by atoms with E-state index in [2.05, 4.69) is 15.6 Å². The van der Waals surface area contributed by atoms with Crippen molar-refractivity contribution in [1.82, 2.24) is 15.2 Å². The molecule has 3 heterocycles. The maximum Gasteiger partial charge on any atom is 0.416 e. The summed E-state index contributed by atoms with van der Waals surface area (Å²) in [6.07, 6.45) is -2.00. The molecule has 39 heavy (non-hydrogen) atoms. The lowest BCUT2D eigenvalue weighted by Gasteiger charge is -2.46. The highest BCUT2D eigenvalue weighted by atomic mass is 32.1. The molecule has 0 spiro atoms. The van der Waals surface area contributed by atoms with E-state index in [-0.39, 0.29) is 24.0 Å². The Balaban J connectivity index is 1.29. The molecule has 2 aliphatic rings. The van der Waals surface area contributed by atoms with Crippen LogP contribution in [0.25, 0.3) is 0 Å². The number of carbonyl (C=O) groups excluding carboxylic acids is 1. The van der Waals surface area contributed by atoms with Crippen LogP contribution in [-0.2, 0) is 17.3 Å². The molecule has 0 aliphatic carbocycles. The molecule has 0 radical (unpaired) electrons. The second-order valence-electron chi connectivity index (χ2n) is 10.5. The lowest BCUT2D eigenvalue weighted by Crippen LogP contribution is -2.39. The van der Waals surface area contributed by atoms with Crippen LogP contribution in [0.4, 0.5) is 18.9 Å². The van der Waals surface area contributed by atoms with E-state index in [1.807, 2.05) is 49.3 Å². The van der Waals surface area contributed by atoms with Gasteiger partial charge in [-0.15, -0.1) is 11.3 Å². The van der Waals surface area contributed by atoms with E-state index >= 15 is 0 Å². The van der Waals surface area contributed by atoms with Crippen LogP contribution in [-0.4, -0.2) is 49.1 Å². The number of hydrogen-bond acceptors (Lipinski definition) is 6. The summed E-state index contributed by atoms with van der Waals surface area (Å²) in [7, 11) is 3.89. The fourth-order valence-corrected chi connectivity index (χ4v) is 6.23. The molecule has 6 nitrogen and oxygen atoms in total. The van der Waals surface area contributed by atoms with Crippen LogP contribution >= 0.6 is 11.3 Å². The van der Waals surface area contributed by atoms with Gasteiger partial charge in [0.15, 0.2) is 0 Å². The topological polar surface area (TPSA) is 66.5 Å². The Labute approximate surface area is 230 Å². The minimum atomic E-state index is -4.42. The van der Waals surface area contributed by atoms with Crippen molar-refractivity contribution in [2.45, 2.75) is 50.1 Å². The smallest absolute Gasteiger partial charge is 0.378 e. The van der Waals surface area contributed by atoms with Gasteiger partial charge in [0.2, 0.25) is 0 Å². The molecule has 208 valence electrons. The largest absolute Gasteiger partial charge is 0.416 e. The van der Waals surface area contributed by atoms with E-state index < -0.39 is 17.8 Å². The molecular weight excluding hydrogens is 525 g/mol. The van der Waals surface area contributed by atoms with E-state index in [9.17, 15) is 18.0 Å². The third-order valence-corrected chi connectivity index (χ3v) is 8.35. The number of hydrogen-bond donors (Lipinski definition) is 2. The number of anilines is 1. The van der Waals surface area contributed by atoms with Gasteiger partial charge in [-0.3, -0.25) is 4.79 Å². The minimum absolute atomic E-state index is 0.0111. The molecule has 1 aromatic heterocycles. The molecule has 0 bridgehead atoms. The number of thiazole rings is 1. The number of ether oxygens (including phenoxy) is 1. The molecule has 2 aliphatic heterocycles. The Kier molecular flexibility index (Phi) is 8.25. The number of amides is 1. The lowest BCUT2D eigenvalue weighted by atomic mass is 9.76.